The molecule has 0 atom stereocenters. The van der Waals surface area contributed by atoms with E-state index in [4.69, 9.17) is 4.42 Å². The lowest BCUT2D eigenvalue weighted by atomic mass is 10.5. The molecule has 0 aliphatic heterocycles. The van der Waals surface area contributed by atoms with E-state index in [1.165, 1.54) is 18.6 Å². The minimum absolute atomic E-state index is 0.139. The molecule has 0 saturated heterocycles. The van der Waals surface area contributed by atoms with Gasteiger partial charge in [-0.25, -0.2) is 15.0 Å². The molecule has 2 heterocycles. The number of amides is 1. The second-order valence-electron chi connectivity index (χ2n) is 2.77. The smallest absolute Gasteiger partial charge is 0.295 e. The number of nitrogens with zero attached hydrogens (tertiary/aromatic N) is 3. The quantitative estimate of drug-likeness (QED) is 0.789. The van der Waals surface area contributed by atoms with Crippen LogP contribution in [0, 0.1) is 6.92 Å². The minimum Gasteiger partial charge on any atom is -0.436 e. The summed E-state index contributed by atoms with van der Waals surface area (Å²) in [5.74, 6) is 0.396. The summed E-state index contributed by atoms with van der Waals surface area (Å²) in [6.45, 7) is 1.66. The second kappa shape index (κ2) is 3.87. The van der Waals surface area contributed by atoms with Gasteiger partial charge in [-0.1, -0.05) is 0 Å². The third-order valence-electron chi connectivity index (χ3n) is 1.64. The Morgan fingerprint density at radius 3 is 2.67 bits per heavy atom. The molecule has 0 spiro atoms. The van der Waals surface area contributed by atoms with E-state index in [0.29, 0.717) is 5.89 Å². The van der Waals surface area contributed by atoms with E-state index in [1.807, 2.05) is 0 Å². The molecule has 0 fully saturated rings. The van der Waals surface area contributed by atoms with Crippen LogP contribution in [0.5, 0.6) is 0 Å². The van der Waals surface area contributed by atoms with E-state index in [0.717, 1.165) is 0 Å². The van der Waals surface area contributed by atoms with Crippen LogP contribution in [-0.4, -0.2) is 20.9 Å². The number of oxazole rings is 1. The molecule has 0 radical (unpaired) electrons. The first kappa shape index (κ1) is 9.32. The Bertz CT molecular complexity index is 466. The number of hydrogen-bond acceptors (Lipinski definition) is 5. The van der Waals surface area contributed by atoms with Crippen molar-refractivity contribution in [1.29, 1.82) is 0 Å². The minimum atomic E-state index is -0.415. The maximum atomic E-state index is 11.5. The number of aryl methyl sites for hydroxylation is 1. The van der Waals surface area contributed by atoms with Crippen molar-refractivity contribution in [3.05, 3.63) is 36.3 Å². The summed E-state index contributed by atoms with van der Waals surface area (Å²) in [6.07, 6.45) is 4.43. The van der Waals surface area contributed by atoms with Gasteiger partial charge in [-0.3, -0.25) is 10.1 Å². The average molecular weight is 204 g/mol. The summed E-state index contributed by atoms with van der Waals surface area (Å²) >= 11 is 0. The topological polar surface area (TPSA) is 80.9 Å². The molecule has 1 amide bonds. The van der Waals surface area contributed by atoms with Gasteiger partial charge >= 0.3 is 0 Å². The van der Waals surface area contributed by atoms with Gasteiger partial charge in [0, 0.05) is 19.3 Å². The maximum Gasteiger partial charge on any atom is 0.295 e. The van der Waals surface area contributed by atoms with Gasteiger partial charge in [-0.2, -0.15) is 0 Å². The van der Waals surface area contributed by atoms with Crippen LogP contribution in [0.4, 0.5) is 5.95 Å². The van der Waals surface area contributed by atoms with E-state index in [1.54, 1.807) is 13.0 Å². The number of carbonyl (C=O) groups is 1. The molecule has 6 nitrogen and oxygen atoms in total. The van der Waals surface area contributed by atoms with Crippen LogP contribution in [0.1, 0.15) is 16.4 Å². The molecule has 0 aliphatic carbocycles. The van der Waals surface area contributed by atoms with Gasteiger partial charge in [0.25, 0.3) is 5.91 Å². The monoisotopic (exact) mass is 204 g/mol. The van der Waals surface area contributed by atoms with Crippen molar-refractivity contribution in [1.82, 2.24) is 15.0 Å². The van der Waals surface area contributed by atoms with Crippen LogP contribution in [0.25, 0.3) is 0 Å². The van der Waals surface area contributed by atoms with Crippen molar-refractivity contribution >= 4 is 11.9 Å². The molecular formula is C9H8N4O2. The number of anilines is 1. The fourth-order valence-corrected chi connectivity index (χ4v) is 0.993. The first-order valence-electron chi connectivity index (χ1n) is 4.26. The molecule has 1 N–H and O–H groups in total. The summed E-state index contributed by atoms with van der Waals surface area (Å²) < 4.78 is 5.04. The molecular weight excluding hydrogens is 196 g/mol. The first-order chi connectivity index (χ1) is 7.25. The van der Waals surface area contributed by atoms with Crippen LogP contribution < -0.4 is 5.32 Å². The molecule has 6 heteroatoms. The number of nitrogens with one attached hydrogen (secondary N) is 1. The summed E-state index contributed by atoms with van der Waals surface area (Å²) in [7, 11) is 0. The van der Waals surface area contributed by atoms with E-state index >= 15 is 0 Å². The van der Waals surface area contributed by atoms with E-state index in [2.05, 4.69) is 20.3 Å². The number of aromatic nitrogens is 3. The Morgan fingerprint density at radius 1 is 1.33 bits per heavy atom. The lowest BCUT2D eigenvalue weighted by Crippen LogP contribution is -2.12. The molecule has 2 aromatic rings. The van der Waals surface area contributed by atoms with Crippen LogP contribution in [0.15, 0.2) is 29.1 Å². The number of rotatable bonds is 2. The van der Waals surface area contributed by atoms with E-state index < -0.39 is 5.91 Å². The zero-order valence-corrected chi connectivity index (χ0v) is 7.97. The van der Waals surface area contributed by atoms with Crippen molar-refractivity contribution in [3.63, 3.8) is 0 Å². The Kier molecular flexibility index (Phi) is 2.40. The van der Waals surface area contributed by atoms with Crippen LogP contribution >= 0.6 is 0 Å². The lowest BCUT2D eigenvalue weighted by Gasteiger charge is -1.98. The maximum absolute atomic E-state index is 11.5. The molecule has 2 aromatic heterocycles. The summed E-state index contributed by atoms with van der Waals surface area (Å²) in [6, 6.07) is 1.66. The Labute approximate surface area is 85.4 Å². The van der Waals surface area contributed by atoms with Gasteiger partial charge < -0.3 is 4.42 Å². The lowest BCUT2D eigenvalue weighted by molar-refractivity contribution is 0.0994. The van der Waals surface area contributed by atoms with Gasteiger partial charge in [-0.05, 0) is 6.07 Å². The average Bonchev–Trinajstić information content (AvgIpc) is 2.66. The predicted octanol–water partition coefficient (Wildman–Crippen LogP) is 1.03. The van der Waals surface area contributed by atoms with Gasteiger partial charge in [0.15, 0.2) is 5.89 Å². The zero-order chi connectivity index (χ0) is 10.7. The summed E-state index contributed by atoms with van der Waals surface area (Å²) in [5.41, 5.74) is 0. The molecule has 0 aliphatic rings. The van der Waals surface area contributed by atoms with Gasteiger partial charge in [0.1, 0.15) is 0 Å². The van der Waals surface area contributed by atoms with Crippen molar-refractivity contribution < 1.29 is 9.21 Å². The highest BCUT2D eigenvalue weighted by atomic mass is 16.4. The number of hydrogen-bond donors (Lipinski definition) is 1. The predicted molar refractivity (Wildman–Crippen MR) is 51.2 cm³/mol. The Morgan fingerprint density at radius 2 is 2.07 bits per heavy atom. The number of carbonyl (C=O) groups excluding carboxylic acids is 1. The van der Waals surface area contributed by atoms with Crippen LogP contribution in [-0.2, 0) is 0 Å². The molecule has 76 valence electrons. The van der Waals surface area contributed by atoms with Gasteiger partial charge in [0.05, 0.1) is 6.20 Å². The van der Waals surface area contributed by atoms with E-state index in [-0.39, 0.29) is 11.7 Å². The summed E-state index contributed by atoms with van der Waals surface area (Å²) in [4.78, 5) is 23.0. The van der Waals surface area contributed by atoms with Crippen molar-refractivity contribution in [2.24, 2.45) is 0 Å². The van der Waals surface area contributed by atoms with Crippen molar-refractivity contribution in [2.45, 2.75) is 6.92 Å². The third kappa shape index (κ3) is 2.16. The highest BCUT2D eigenvalue weighted by molar-refractivity contribution is 6.00. The Hall–Kier alpha value is -2.24. The fourth-order valence-electron chi connectivity index (χ4n) is 0.993. The molecule has 2 rings (SSSR count). The highest BCUT2D eigenvalue weighted by Crippen LogP contribution is 2.04. The molecule has 0 saturated carbocycles. The largest absolute Gasteiger partial charge is 0.436 e. The molecule has 0 unspecified atom stereocenters. The van der Waals surface area contributed by atoms with Crippen LogP contribution in [0.3, 0.4) is 0 Å². The standard InChI is InChI=1S/C9H8N4O2/c1-6-12-5-7(15-6)8(14)13-9-10-3-2-4-11-9/h2-5H,1H3,(H,10,11,13,14). The molecule has 0 aromatic carbocycles. The first-order valence-corrected chi connectivity index (χ1v) is 4.26. The second-order valence-corrected chi connectivity index (χ2v) is 2.77. The summed E-state index contributed by atoms with van der Waals surface area (Å²) in [5, 5.41) is 2.48. The van der Waals surface area contributed by atoms with E-state index in [9.17, 15) is 4.79 Å². The highest BCUT2D eigenvalue weighted by Gasteiger charge is 2.11. The van der Waals surface area contributed by atoms with Crippen molar-refractivity contribution in [2.75, 3.05) is 5.32 Å². The van der Waals surface area contributed by atoms with Crippen molar-refractivity contribution in [3.8, 4) is 0 Å². The van der Waals surface area contributed by atoms with Gasteiger partial charge in [-0.15, -0.1) is 0 Å². The fraction of sp³-hybridized carbons (Fsp3) is 0.111. The molecule has 0 bridgehead atoms. The Balaban J connectivity index is 2.11. The zero-order valence-electron chi connectivity index (χ0n) is 7.97. The van der Waals surface area contributed by atoms with Crippen LogP contribution in [0.2, 0.25) is 0 Å². The third-order valence-corrected chi connectivity index (χ3v) is 1.64. The molecule has 15 heavy (non-hydrogen) atoms. The normalized spacial score (nSPS) is 9.93. The SMILES string of the molecule is Cc1ncc(C(=O)Nc2ncccn2)o1. The van der Waals surface area contributed by atoms with Gasteiger partial charge in [0.2, 0.25) is 11.7 Å².